The number of rotatable bonds is 7. The molecule has 2 rings (SSSR count). The van der Waals surface area contributed by atoms with Crippen molar-refractivity contribution in [1.29, 1.82) is 0 Å². The largest absolute Gasteiger partial charge is 0.481 e. The molecule has 7 heteroatoms. The highest BCUT2D eigenvalue weighted by Gasteiger charge is 2.20. The van der Waals surface area contributed by atoms with Crippen LogP contribution < -0.4 is 4.72 Å². The van der Waals surface area contributed by atoms with E-state index in [1.165, 1.54) is 12.1 Å². The molecular formula is C16H19NO5S. The van der Waals surface area contributed by atoms with Crippen molar-refractivity contribution in [2.75, 3.05) is 0 Å². The number of furan rings is 1. The average molecular weight is 337 g/mol. The van der Waals surface area contributed by atoms with E-state index in [1.54, 1.807) is 38.1 Å². The highest BCUT2D eigenvalue weighted by molar-refractivity contribution is 7.89. The molecule has 0 radical (unpaired) electrons. The van der Waals surface area contributed by atoms with E-state index < -0.39 is 22.0 Å². The second-order valence-corrected chi connectivity index (χ2v) is 7.04. The molecule has 0 unspecified atom stereocenters. The third-order valence-corrected chi connectivity index (χ3v) is 4.94. The van der Waals surface area contributed by atoms with Crippen LogP contribution in [0.5, 0.6) is 0 Å². The van der Waals surface area contributed by atoms with Crippen molar-refractivity contribution in [3.8, 4) is 0 Å². The molecule has 1 aromatic carbocycles. The summed E-state index contributed by atoms with van der Waals surface area (Å²) >= 11 is 0. The van der Waals surface area contributed by atoms with Crippen molar-refractivity contribution >= 4 is 16.0 Å². The lowest BCUT2D eigenvalue weighted by molar-refractivity contribution is -0.136. The second kappa shape index (κ2) is 6.97. The van der Waals surface area contributed by atoms with Crippen molar-refractivity contribution in [3.05, 3.63) is 53.5 Å². The van der Waals surface area contributed by atoms with Gasteiger partial charge in [-0.3, -0.25) is 4.79 Å². The maximum Gasteiger partial charge on any atom is 0.303 e. The van der Waals surface area contributed by atoms with Crippen molar-refractivity contribution < 1.29 is 22.7 Å². The van der Waals surface area contributed by atoms with Gasteiger partial charge in [0.25, 0.3) is 0 Å². The molecule has 23 heavy (non-hydrogen) atoms. The molecule has 0 saturated carbocycles. The van der Waals surface area contributed by atoms with E-state index in [4.69, 9.17) is 9.52 Å². The summed E-state index contributed by atoms with van der Waals surface area (Å²) in [6.45, 7) is 3.50. The first-order chi connectivity index (χ1) is 10.8. The molecule has 0 aliphatic carbocycles. The molecule has 0 saturated heterocycles. The minimum absolute atomic E-state index is 0.0131. The van der Waals surface area contributed by atoms with E-state index in [9.17, 15) is 13.2 Å². The SMILES string of the molecule is Cc1ccc([C@H](C)NS(=O)(=O)c2ccc(CCC(=O)O)cc2)o1. The first kappa shape index (κ1) is 17.2. The molecule has 0 bridgehead atoms. The first-order valence-corrected chi connectivity index (χ1v) is 8.65. The number of hydrogen-bond donors (Lipinski definition) is 2. The summed E-state index contributed by atoms with van der Waals surface area (Å²) < 4.78 is 32.7. The van der Waals surface area contributed by atoms with Crippen LogP contribution in [0.1, 0.15) is 36.5 Å². The summed E-state index contributed by atoms with van der Waals surface area (Å²) in [4.78, 5) is 10.7. The normalized spacial score (nSPS) is 13.0. The van der Waals surface area contributed by atoms with Gasteiger partial charge in [-0.05, 0) is 50.1 Å². The van der Waals surface area contributed by atoms with Crippen LogP contribution >= 0.6 is 0 Å². The van der Waals surface area contributed by atoms with Crippen LogP contribution in [0.25, 0.3) is 0 Å². The number of carbonyl (C=O) groups is 1. The maximum absolute atomic E-state index is 12.4. The highest BCUT2D eigenvalue weighted by atomic mass is 32.2. The van der Waals surface area contributed by atoms with Crippen LogP contribution in [0.3, 0.4) is 0 Å². The molecule has 0 amide bonds. The maximum atomic E-state index is 12.4. The Balaban J connectivity index is 2.08. The van der Waals surface area contributed by atoms with Gasteiger partial charge in [-0.25, -0.2) is 13.1 Å². The van der Waals surface area contributed by atoms with Gasteiger partial charge in [0, 0.05) is 6.42 Å². The number of hydrogen-bond acceptors (Lipinski definition) is 4. The van der Waals surface area contributed by atoms with E-state index in [0.29, 0.717) is 17.9 Å². The molecular weight excluding hydrogens is 318 g/mol. The van der Waals surface area contributed by atoms with Crippen molar-refractivity contribution in [2.24, 2.45) is 0 Å². The van der Waals surface area contributed by atoms with Gasteiger partial charge < -0.3 is 9.52 Å². The number of sulfonamides is 1. The fourth-order valence-electron chi connectivity index (χ4n) is 2.13. The first-order valence-electron chi connectivity index (χ1n) is 7.17. The molecule has 1 heterocycles. The Hall–Kier alpha value is -2.12. The van der Waals surface area contributed by atoms with E-state index >= 15 is 0 Å². The Morgan fingerprint density at radius 2 is 1.87 bits per heavy atom. The number of benzene rings is 1. The Kier molecular flexibility index (Phi) is 5.23. The number of aryl methyl sites for hydroxylation is 2. The van der Waals surface area contributed by atoms with Gasteiger partial charge in [0.15, 0.2) is 0 Å². The summed E-state index contributed by atoms with van der Waals surface area (Å²) in [6, 6.07) is 9.22. The molecule has 124 valence electrons. The summed E-state index contributed by atoms with van der Waals surface area (Å²) in [5.41, 5.74) is 0.779. The zero-order valence-electron chi connectivity index (χ0n) is 12.9. The van der Waals surface area contributed by atoms with Gasteiger partial charge >= 0.3 is 5.97 Å². The number of carboxylic acid groups (broad SMARTS) is 1. The van der Waals surface area contributed by atoms with Gasteiger partial charge in [-0.1, -0.05) is 12.1 Å². The van der Waals surface area contributed by atoms with Crippen LogP contribution in [-0.4, -0.2) is 19.5 Å². The third-order valence-electron chi connectivity index (χ3n) is 3.38. The Labute approximate surface area is 135 Å². The minimum atomic E-state index is -3.67. The fraction of sp³-hybridized carbons (Fsp3) is 0.312. The highest BCUT2D eigenvalue weighted by Crippen LogP contribution is 2.19. The van der Waals surface area contributed by atoms with Crippen LogP contribution in [-0.2, 0) is 21.2 Å². The Morgan fingerprint density at radius 1 is 1.22 bits per heavy atom. The van der Waals surface area contributed by atoms with Gasteiger partial charge in [-0.2, -0.15) is 0 Å². The van der Waals surface area contributed by atoms with Crippen LogP contribution in [0.4, 0.5) is 0 Å². The molecule has 0 fully saturated rings. The third kappa shape index (κ3) is 4.67. The summed E-state index contributed by atoms with van der Waals surface area (Å²) in [7, 11) is -3.67. The minimum Gasteiger partial charge on any atom is -0.481 e. The van der Waals surface area contributed by atoms with E-state index in [2.05, 4.69) is 4.72 Å². The fourth-order valence-corrected chi connectivity index (χ4v) is 3.34. The summed E-state index contributed by atoms with van der Waals surface area (Å²) in [5, 5.41) is 8.65. The Bertz CT molecular complexity index is 777. The van der Waals surface area contributed by atoms with Crippen LogP contribution in [0, 0.1) is 6.92 Å². The van der Waals surface area contributed by atoms with E-state index in [-0.39, 0.29) is 11.3 Å². The predicted octanol–water partition coefficient (Wildman–Crippen LogP) is 2.64. The smallest absolute Gasteiger partial charge is 0.303 e. The van der Waals surface area contributed by atoms with Crippen LogP contribution in [0.2, 0.25) is 0 Å². The zero-order valence-corrected chi connectivity index (χ0v) is 13.8. The number of nitrogens with one attached hydrogen (secondary N) is 1. The monoisotopic (exact) mass is 337 g/mol. The number of aliphatic carboxylic acids is 1. The number of carboxylic acids is 1. The lowest BCUT2D eigenvalue weighted by Crippen LogP contribution is -2.26. The van der Waals surface area contributed by atoms with E-state index in [1.807, 2.05) is 0 Å². The molecule has 0 aliphatic rings. The molecule has 2 aromatic rings. The summed E-state index contributed by atoms with van der Waals surface area (Å²) in [5.74, 6) is 0.379. The predicted molar refractivity (Wildman–Crippen MR) is 84.6 cm³/mol. The standard InChI is InChI=1S/C16H19NO5S/c1-11-3-9-15(22-11)12(2)17-23(20,21)14-7-4-13(5-8-14)6-10-16(18)19/h3-5,7-9,12,17H,6,10H2,1-2H3,(H,18,19)/t12-/m0/s1. The van der Waals surface area contributed by atoms with E-state index in [0.717, 1.165) is 5.56 Å². The van der Waals surface area contributed by atoms with Crippen molar-refractivity contribution in [3.63, 3.8) is 0 Å². The van der Waals surface area contributed by atoms with Crippen molar-refractivity contribution in [2.45, 2.75) is 37.6 Å². The molecule has 0 aliphatic heterocycles. The molecule has 1 atom stereocenters. The van der Waals surface area contributed by atoms with Crippen molar-refractivity contribution in [1.82, 2.24) is 4.72 Å². The quantitative estimate of drug-likeness (QED) is 0.809. The second-order valence-electron chi connectivity index (χ2n) is 5.33. The van der Waals surface area contributed by atoms with Gasteiger partial charge in [0.2, 0.25) is 10.0 Å². The average Bonchev–Trinajstić information content (AvgIpc) is 2.92. The lowest BCUT2D eigenvalue weighted by atomic mass is 10.1. The van der Waals surface area contributed by atoms with Crippen LogP contribution in [0.15, 0.2) is 45.7 Å². The molecule has 2 N–H and O–H groups in total. The lowest BCUT2D eigenvalue weighted by Gasteiger charge is -2.12. The topological polar surface area (TPSA) is 96.6 Å². The summed E-state index contributed by atoms with van der Waals surface area (Å²) in [6.07, 6.45) is 0.379. The zero-order chi connectivity index (χ0) is 17.0. The molecule has 1 aromatic heterocycles. The van der Waals surface area contributed by atoms with Gasteiger partial charge in [-0.15, -0.1) is 0 Å². The molecule has 0 spiro atoms. The Morgan fingerprint density at radius 3 is 2.39 bits per heavy atom. The molecule has 6 nitrogen and oxygen atoms in total. The van der Waals surface area contributed by atoms with Gasteiger partial charge in [0.05, 0.1) is 10.9 Å². The van der Waals surface area contributed by atoms with Gasteiger partial charge in [0.1, 0.15) is 11.5 Å².